The number of aliphatic imine (C=N–C) groups is 2. The highest BCUT2D eigenvalue weighted by atomic mass is 16.3. The summed E-state index contributed by atoms with van der Waals surface area (Å²) in [5.74, 6) is 0.346. The van der Waals surface area contributed by atoms with Gasteiger partial charge in [0.1, 0.15) is 16.7 Å². The Morgan fingerprint density at radius 1 is 0.475 bits per heavy atom. The molecule has 0 saturated carbocycles. The van der Waals surface area contributed by atoms with Gasteiger partial charge in [0.25, 0.3) is 0 Å². The Morgan fingerprint density at radius 2 is 1.00 bits per heavy atom. The number of para-hydroxylation sites is 6. The predicted molar refractivity (Wildman–Crippen MR) is 243 cm³/mol. The first-order valence-electron chi connectivity index (χ1n) is 19.8. The maximum Gasteiger partial charge on any atom is 0.203 e. The summed E-state index contributed by atoms with van der Waals surface area (Å²) in [7, 11) is 0. The van der Waals surface area contributed by atoms with Gasteiger partial charge < -0.3 is 19.1 Å². The number of nitrogens with two attached hydrogens (primary N) is 1. The number of hydrogen-bond acceptors (Lipinski definition) is 4. The van der Waals surface area contributed by atoms with Gasteiger partial charge in [0.05, 0.1) is 27.8 Å². The molecule has 4 aromatic heterocycles. The average Bonchev–Trinajstić information content (AvgIpc) is 4.03. The van der Waals surface area contributed by atoms with E-state index in [0.717, 1.165) is 99.2 Å². The molecule has 8 aromatic carbocycles. The minimum atomic E-state index is -0.680. The zero-order chi connectivity index (χ0) is 39.2. The fraction of sp³-hybridized carbons (Fsp3) is 0.0385. The molecule has 0 saturated heterocycles. The molecule has 0 spiro atoms. The second-order valence-corrected chi connectivity index (χ2v) is 15.1. The lowest BCUT2D eigenvalue weighted by Gasteiger charge is -2.14. The quantitative estimate of drug-likeness (QED) is 0.140. The van der Waals surface area contributed by atoms with Gasteiger partial charge in [-0.25, -0.2) is 4.99 Å². The summed E-state index contributed by atoms with van der Waals surface area (Å²) >= 11 is 0. The number of furan rings is 2. The molecule has 280 valence electrons. The van der Waals surface area contributed by atoms with E-state index in [9.17, 15) is 0 Å². The number of benzene rings is 8. The van der Waals surface area contributed by atoms with Crippen molar-refractivity contribution in [1.29, 1.82) is 0 Å². The minimum Gasteiger partial charge on any atom is -0.456 e. The molecule has 59 heavy (non-hydrogen) atoms. The van der Waals surface area contributed by atoms with Gasteiger partial charge in [0.2, 0.25) is 5.96 Å². The maximum atomic E-state index is 7.04. The standard InChI is InChI=1S/C52H35N5O2/c1-31(32-25-27-40-41-18-12-23-46(50(41)59-49(40)29-32)56-42-19-7-2-13-34(42)35-14-3-8-20-43(35)56)54-51(33-26-28-39-38-17-6-11-24-47(38)58-48(39)30-33)55-52(53)57-44-21-9-4-15-36(44)37-16-5-10-22-45(37)57/h2-30,51H,1H3,(H2,53,55). The van der Waals surface area contributed by atoms with Crippen molar-refractivity contribution >= 4 is 99.2 Å². The van der Waals surface area contributed by atoms with E-state index in [1.54, 1.807) is 0 Å². The number of rotatable bonds is 5. The zero-order valence-electron chi connectivity index (χ0n) is 32.0. The molecule has 7 nitrogen and oxygen atoms in total. The van der Waals surface area contributed by atoms with Crippen molar-refractivity contribution in [2.24, 2.45) is 15.7 Å². The summed E-state index contributed by atoms with van der Waals surface area (Å²) in [6.45, 7) is 2.02. The first kappa shape index (κ1) is 33.3. The van der Waals surface area contributed by atoms with E-state index in [0.29, 0.717) is 5.96 Å². The van der Waals surface area contributed by atoms with Gasteiger partial charge >= 0.3 is 0 Å². The van der Waals surface area contributed by atoms with Crippen LogP contribution in [0.5, 0.6) is 0 Å². The van der Waals surface area contributed by atoms with Crippen LogP contribution in [-0.4, -0.2) is 20.8 Å². The van der Waals surface area contributed by atoms with Crippen LogP contribution in [0, 0.1) is 0 Å². The van der Waals surface area contributed by atoms with Gasteiger partial charge in [-0.2, -0.15) is 0 Å². The summed E-state index contributed by atoms with van der Waals surface area (Å²) in [4.78, 5) is 10.5. The van der Waals surface area contributed by atoms with Crippen LogP contribution >= 0.6 is 0 Å². The minimum absolute atomic E-state index is 0.346. The molecule has 0 aliphatic rings. The highest BCUT2D eigenvalue weighted by Crippen LogP contribution is 2.39. The lowest BCUT2D eigenvalue weighted by atomic mass is 10.1. The summed E-state index contributed by atoms with van der Waals surface area (Å²) < 4.78 is 17.5. The molecule has 4 heterocycles. The van der Waals surface area contributed by atoms with Gasteiger partial charge in [-0.15, -0.1) is 0 Å². The molecule has 12 aromatic rings. The Bertz CT molecular complexity index is 3620. The monoisotopic (exact) mass is 761 g/mol. The van der Waals surface area contributed by atoms with Crippen LogP contribution in [-0.2, 0) is 0 Å². The van der Waals surface area contributed by atoms with Gasteiger partial charge in [0.15, 0.2) is 11.7 Å². The smallest absolute Gasteiger partial charge is 0.203 e. The first-order valence-corrected chi connectivity index (χ1v) is 19.8. The van der Waals surface area contributed by atoms with E-state index in [2.05, 4.69) is 144 Å². The number of hydrogen-bond donors (Lipinski definition) is 1. The van der Waals surface area contributed by atoms with E-state index in [1.807, 2.05) is 47.9 Å². The second kappa shape index (κ2) is 12.8. The third kappa shape index (κ3) is 5.08. The SMILES string of the molecule is CC(=NC(N=C(N)n1c2ccccc2c2ccccc21)c1ccc2c(c1)oc1ccccc12)c1ccc2c(c1)oc1c(-n3c4ccccc4c4ccccc43)cccc12. The van der Waals surface area contributed by atoms with Crippen molar-refractivity contribution in [3.63, 3.8) is 0 Å². The van der Waals surface area contributed by atoms with E-state index < -0.39 is 6.17 Å². The second-order valence-electron chi connectivity index (χ2n) is 15.1. The van der Waals surface area contributed by atoms with E-state index >= 15 is 0 Å². The van der Waals surface area contributed by atoms with E-state index in [-0.39, 0.29) is 0 Å². The molecular formula is C52H35N5O2. The van der Waals surface area contributed by atoms with Crippen molar-refractivity contribution in [2.45, 2.75) is 13.1 Å². The molecule has 7 heteroatoms. The van der Waals surface area contributed by atoms with Crippen LogP contribution in [0.1, 0.15) is 24.2 Å². The summed E-state index contributed by atoms with van der Waals surface area (Å²) in [5.41, 5.74) is 18.1. The molecule has 12 rings (SSSR count). The Morgan fingerprint density at radius 3 is 1.69 bits per heavy atom. The lowest BCUT2D eigenvalue weighted by molar-refractivity contribution is 0.666. The summed E-state index contributed by atoms with van der Waals surface area (Å²) in [6.07, 6.45) is -0.680. The molecule has 0 fully saturated rings. The topological polar surface area (TPSA) is 86.9 Å². The van der Waals surface area contributed by atoms with E-state index in [4.69, 9.17) is 24.6 Å². The molecule has 0 amide bonds. The van der Waals surface area contributed by atoms with Crippen LogP contribution in [0.2, 0.25) is 0 Å². The average molecular weight is 762 g/mol. The number of nitrogens with zero attached hydrogens (tertiary/aromatic N) is 4. The van der Waals surface area contributed by atoms with Crippen molar-refractivity contribution in [1.82, 2.24) is 9.13 Å². The fourth-order valence-electron chi connectivity index (χ4n) is 9.06. The first-order chi connectivity index (χ1) is 29.1. The molecule has 2 N–H and O–H groups in total. The maximum absolute atomic E-state index is 7.04. The summed E-state index contributed by atoms with van der Waals surface area (Å²) in [5, 5.41) is 8.85. The Labute approximate surface area is 337 Å². The normalized spacial score (nSPS) is 13.4. The van der Waals surface area contributed by atoms with Crippen molar-refractivity contribution < 1.29 is 8.83 Å². The van der Waals surface area contributed by atoms with E-state index in [1.165, 1.54) is 10.8 Å². The third-order valence-corrected chi connectivity index (χ3v) is 11.8. The van der Waals surface area contributed by atoms with Crippen molar-refractivity contribution in [3.05, 3.63) is 187 Å². The van der Waals surface area contributed by atoms with Crippen LogP contribution in [0.15, 0.2) is 195 Å². The van der Waals surface area contributed by atoms with Crippen LogP contribution in [0.4, 0.5) is 0 Å². The molecule has 0 bridgehead atoms. The van der Waals surface area contributed by atoms with Crippen LogP contribution in [0.25, 0.3) is 93.2 Å². The molecule has 0 aliphatic heterocycles. The van der Waals surface area contributed by atoms with Gasteiger partial charge in [0, 0.05) is 54.4 Å². The molecule has 1 atom stereocenters. The largest absolute Gasteiger partial charge is 0.456 e. The third-order valence-electron chi connectivity index (χ3n) is 11.8. The lowest BCUT2D eigenvalue weighted by Crippen LogP contribution is -2.23. The van der Waals surface area contributed by atoms with Crippen molar-refractivity contribution in [2.75, 3.05) is 0 Å². The Kier molecular flexibility index (Phi) is 7.22. The molecular weight excluding hydrogens is 727 g/mol. The number of fused-ring (bicyclic) bond motifs is 12. The van der Waals surface area contributed by atoms with Crippen molar-refractivity contribution in [3.8, 4) is 5.69 Å². The highest BCUT2D eigenvalue weighted by molar-refractivity contribution is 6.15. The highest BCUT2D eigenvalue weighted by Gasteiger charge is 2.20. The van der Waals surface area contributed by atoms with Crippen LogP contribution in [0.3, 0.4) is 0 Å². The molecule has 0 aliphatic carbocycles. The summed E-state index contributed by atoms with van der Waals surface area (Å²) in [6, 6.07) is 60.7. The van der Waals surface area contributed by atoms with Gasteiger partial charge in [-0.1, -0.05) is 121 Å². The molecule has 1 unspecified atom stereocenters. The number of aromatic nitrogens is 2. The van der Waals surface area contributed by atoms with Gasteiger partial charge in [-0.3, -0.25) is 9.56 Å². The van der Waals surface area contributed by atoms with Crippen LogP contribution < -0.4 is 5.73 Å². The fourth-order valence-corrected chi connectivity index (χ4v) is 9.06. The Balaban J connectivity index is 1.01. The molecule has 0 radical (unpaired) electrons. The van der Waals surface area contributed by atoms with Gasteiger partial charge in [-0.05, 0) is 67.1 Å². The zero-order valence-corrected chi connectivity index (χ0v) is 32.0. The Hall–Kier alpha value is -7.90. The predicted octanol–water partition coefficient (Wildman–Crippen LogP) is 13.1.